The summed E-state index contributed by atoms with van der Waals surface area (Å²) in [6.45, 7) is 0. The monoisotopic (exact) mass is 1160 g/mol. The van der Waals surface area contributed by atoms with E-state index in [2.05, 4.69) is 37.0 Å². The first-order valence-corrected chi connectivity index (χ1v) is 29.0. The van der Waals surface area contributed by atoms with Crippen LogP contribution in [0, 0.1) is 0 Å². The molecule has 0 aliphatic rings. The van der Waals surface area contributed by atoms with Crippen LogP contribution < -0.4 is 37.0 Å². The highest BCUT2D eigenvalue weighted by atomic mass is 31.2. The van der Waals surface area contributed by atoms with Crippen LogP contribution in [0.25, 0.3) is 0 Å². The third-order valence-electron chi connectivity index (χ3n) is 13.9. The van der Waals surface area contributed by atoms with Crippen LogP contribution in [-0.2, 0) is 92.1 Å². The molecule has 19 heteroatoms. The lowest BCUT2D eigenvalue weighted by Crippen LogP contribution is -2.61. The van der Waals surface area contributed by atoms with Crippen molar-refractivity contribution >= 4 is 49.2 Å². The van der Waals surface area contributed by atoms with Crippen LogP contribution in [0.3, 0.4) is 0 Å². The van der Waals surface area contributed by atoms with E-state index in [9.17, 15) is 33.6 Å². The van der Waals surface area contributed by atoms with Crippen LogP contribution in [0.15, 0.2) is 212 Å². The van der Waals surface area contributed by atoms with Gasteiger partial charge in [0.15, 0.2) is 0 Å². The van der Waals surface area contributed by atoms with Crippen molar-refractivity contribution in [2.24, 2.45) is 0 Å². The van der Waals surface area contributed by atoms with Gasteiger partial charge in [0.05, 0.1) is 0 Å². The Labute approximate surface area is 489 Å². The average molecular weight is 1160 g/mol. The number of aliphatic carboxylic acids is 1. The molecule has 436 valence electrons. The van der Waals surface area contributed by atoms with E-state index in [4.69, 9.17) is 9.05 Å². The van der Waals surface area contributed by atoms with Crippen molar-refractivity contribution < 1.29 is 52.3 Å². The number of carboxylic acid groups (broad SMARTS) is 1. The number of nitrogens with one attached hydrogen (secondary N) is 7. The molecule has 0 bridgehead atoms. The lowest BCUT2D eigenvalue weighted by atomic mass is 9.99. The zero-order chi connectivity index (χ0) is 59.7. The fourth-order valence-electron chi connectivity index (χ4n) is 9.40. The number of carbonyl (C=O) groups excluding carboxylic acids is 6. The standard InChI is InChI=1S/C65H70N7O11P/c1-82-84(81,83-2)72-57(43-50-34-20-8-21-35-50)64(78)70-55(41-48-30-16-6-17-31-48)62(76)68-53(39-46-26-12-4-13-27-46)60(74)66-52(38-45-24-10-3-11-25-45)59(73)67-54(40-47-28-14-5-15-29-47)61(75)69-56(42-49-32-18-7-19-33-49)63(77)71-58(65(79)80)44-51-36-22-9-23-37-51/h3-37,52-58H,38-44H2,1-2H3,(H,66,74)(H,67,73)(H,68,76)(H,69,75)(H,70,78)(H,71,77)(H,72,81)(H,79,80)/t52-,53-,54-,55-,56-,57-,58-/m0/s1. The predicted octanol–water partition coefficient (Wildman–Crippen LogP) is 6.04. The van der Waals surface area contributed by atoms with Gasteiger partial charge in [0.1, 0.15) is 42.3 Å². The molecule has 0 aliphatic carbocycles. The van der Waals surface area contributed by atoms with Crippen LogP contribution in [0.2, 0.25) is 0 Å². The molecule has 18 nitrogen and oxygen atoms in total. The first-order chi connectivity index (χ1) is 40.7. The maximum Gasteiger partial charge on any atom is 0.405 e. The Balaban J connectivity index is 1.18. The molecule has 0 saturated heterocycles. The Morgan fingerprint density at radius 2 is 0.476 bits per heavy atom. The molecule has 6 amide bonds. The van der Waals surface area contributed by atoms with Crippen LogP contribution >= 0.6 is 7.75 Å². The fraction of sp³-hybridized carbons (Fsp3) is 0.246. The van der Waals surface area contributed by atoms with Crippen LogP contribution in [0.5, 0.6) is 0 Å². The third kappa shape index (κ3) is 19.8. The second-order valence-electron chi connectivity index (χ2n) is 20.1. The zero-order valence-electron chi connectivity index (χ0n) is 46.7. The summed E-state index contributed by atoms with van der Waals surface area (Å²) in [5, 5.41) is 29.9. The molecule has 7 aromatic carbocycles. The van der Waals surface area contributed by atoms with Gasteiger partial charge in [-0.05, 0) is 45.4 Å². The van der Waals surface area contributed by atoms with Gasteiger partial charge in [0, 0.05) is 52.7 Å². The Bertz CT molecular complexity index is 3270. The van der Waals surface area contributed by atoms with E-state index in [1.165, 1.54) is 14.2 Å². The van der Waals surface area contributed by atoms with E-state index >= 15 is 9.59 Å². The number of hydrogen-bond acceptors (Lipinski definition) is 10. The summed E-state index contributed by atoms with van der Waals surface area (Å²) >= 11 is 0. The fourth-order valence-corrected chi connectivity index (χ4v) is 10.3. The highest BCUT2D eigenvalue weighted by Gasteiger charge is 2.36. The van der Waals surface area contributed by atoms with Crippen molar-refractivity contribution in [1.29, 1.82) is 0 Å². The predicted molar refractivity (Wildman–Crippen MR) is 319 cm³/mol. The van der Waals surface area contributed by atoms with Gasteiger partial charge in [-0.3, -0.25) is 28.8 Å². The molecule has 0 aromatic heterocycles. The quantitative estimate of drug-likeness (QED) is 0.0232. The molecule has 84 heavy (non-hydrogen) atoms. The van der Waals surface area contributed by atoms with Gasteiger partial charge in [-0.15, -0.1) is 0 Å². The van der Waals surface area contributed by atoms with Gasteiger partial charge in [0.25, 0.3) is 0 Å². The minimum atomic E-state index is -4.01. The molecule has 0 spiro atoms. The number of amides is 6. The van der Waals surface area contributed by atoms with Crippen molar-refractivity contribution in [1.82, 2.24) is 37.0 Å². The minimum absolute atomic E-state index is 0.0207. The molecular weight excluding hydrogens is 1090 g/mol. The first kappa shape index (κ1) is 62.5. The summed E-state index contributed by atoms with van der Waals surface area (Å²) in [6, 6.07) is 52.9. The highest BCUT2D eigenvalue weighted by Crippen LogP contribution is 2.42. The molecule has 0 saturated carbocycles. The summed E-state index contributed by atoms with van der Waals surface area (Å²) < 4.78 is 23.8. The van der Waals surface area contributed by atoms with Crippen molar-refractivity contribution in [2.45, 2.75) is 87.2 Å². The first-order valence-electron chi connectivity index (χ1n) is 27.5. The molecule has 0 aliphatic heterocycles. The van der Waals surface area contributed by atoms with Gasteiger partial charge >= 0.3 is 13.7 Å². The maximum atomic E-state index is 15.1. The smallest absolute Gasteiger partial charge is 0.405 e. The van der Waals surface area contributed by atoms with Crippen molar-refractivity contribution in [3.63, 3.8) is 0 Å². The minimum Gasteiger partial charge on any atom is -0.480 e. The maximum absolute atomic E-state index is 15.1. The Kier molecular flexibility index (Phi) is 23.8. The normalized spacial score (nSPS) is 13.7. The number of carboxylic acids is 1. The molecule has 0 radical (unpaired) electrons. The summed E-state index contributed by atoms with van der Waals surface area (Å²) in [5.41, 5.74) is 4.65. The highest BCUT2D eigenvalue weighted by molar-refractivity contribution is 7.51. The van der Waals surface area contributed by atoms with E-state index in [1.54, 1.807) is 206 Å². The van der Waals surface area contributed by atoms with Crippen molar-refractivity contribution in [2.75, 3.05) is 14.2 Å². The molecule has 8 N–H and O–H groups in total. The molecule has 0 heterocycles. The molecule has 0 fully saturated rings. The number of carbonyl (C=O) groups is 7. The van der Waals surface area contributed by atoms with Gasteiger partial charge in [-0.2, -0.15) is 0 Å². The largest absolute Gasteiger partial charge is 0.480 e. The Morgan fingerprint density at radius 3 is 0.667 bits per heavy atom. The second-order valence-corrected chi connectivity index (χ2v) is 22.1. The van der Waals surface area contributed by atoms with E-state index in [0.717, 1.165) is 0 Å². The number of rotatable bonds is 31. The topological polar surface area (TPSA) is 259 Å². The Hall–Kier alpha value is -9.06. The van der Waals surface area contributed by atoms with Crippen molar-refractivity contribution in [3.05, 3.63) is 251 Å². The van der Waals surface area contributed by atoms with E-state index < -0.39 is 91.5 Å². The second kappa shape index (κ2) is 32.0. The van der Waals surface area contributed by atoms with Gasteiger partial charge in [-0.1, -0.05) is 212 Å². The summed E-state index contributed by atoms with van der Waals surface area (Å²) in [6.07, 6.45) is -0.275. The van der Waals surface area contributed by atoms with Gasteiger partial charge in [0.2, 0.25) is 35.4 Å². The zero-order valence-corrected chi connectivity index (χ0v) is 47.6. The summed E-state index contributed by atoms with van der Waals surface area (Å²) in [4.78, 5) is 101. The average Bonchev–Trinajstić information content (AvgIpc) is 3.68. The molecule has 7 rings (SSSR count). The van der Waals surface area contributed by atoms with Crippen molar-refractivity contribution in [3.8, 4) is 0 Å². The summed E-state index contributed by atoms with van der Waals surface area (Å²) in [7, 11) is -1.66. The SMILES string of the molecule is COP(=O)(N[C@@H](Cc1ccccc1)C(=O)N[C@@H](Cc1ccccc1)C(=O)N[C@@H](Cc1ccccc1)C(=O)N[C@@H](Cc1ccccc1)C(=O)N[C@@H](Cc1ccccc1)C(=O)N[C@@H](Cc1ccccc1)C(=O)N[C@@H](Cc1ccccc1)C(=O)O)OC. The van der Waals surface area contributed by atoms with E-state index in [0.29, 0.717) is 38.9 Å². The van der Waals surface area contributed by atoms with E-state index in [1.807, 2.05) is 6.07 Å². The van der Waals surface area contributed by atoms with Crippen LogP contribution in [0.1, 0.15) is 38.9 Å². The number of hydrogen-bond donors (Lipinski definition) is 8. The Morgan fingerprint density at radius 1 is 0.310 bits per heavy atom. The molecule has 7 atom stereocenters. The van der Waals surface area contributed by atoms with Crippen LogP contribution in [-0.4, -0.2) is 103 Å². The number of benzene rings is 7. The molecule has 7 aromatic rings. The van der Waals surface area contributed by atoms with Gasteiger partial charge < -0.3 is 46.1 Å². The summed E-state index contributed by atoms with van der Waals surface area (Å²) in [5.74, 6) is -5.83. The molecular formula is C65H70N7O11P. The van der Waals surface area contributed by atoms with E-state index in [-0.39, 0.29) is 44.9 Å². The lowest BCUT2D eigenvalue weighted by molar-refractivity contribution is -0.142. The third-order valence-corrected chi connectivity index (χ3v) is 15.5. The van der Waals surface area contributed by atoms with Gasteiger partial charge in [-0.25, -0.2) is 14.4 Å². The van der Waals surface area contributed by atoms with Crippen LogP contribution in [0.4, 0.5) is 0 Å². The lowest BCUT2D eigenvalue weighted by Gasteiger charge is -2.28. The molecule has 0 unspecified atom stereocenters.